The van der Waals surface area contributed by atoms with E-state index in [0.717, 1.165) is 24.1 Å². The molecule has 7 heteroatoms. The van der Waals surface area contributed by atoms with Crippen LogP contribution >= 0.6 is 0 Å². The van der Waals surface area contributed by atoms with Gasteiger partial charge in [0.1, 0.15) is 5.69 Å². The lowest BCUT2D eigenvalue weighted by atomic mass is 9.95. The van der Waals surface area contributed by atoms with Gasteiger partial charge in [-0.2, -0.15) is 4.98 Å². The Morgan fingerprint density at radius 3 is 2.54 bits per heavy atom. The fourth-order valence-corrected chi connectivity index (χ4v) is 3.39. The lowest BCUT2D eigenvalue weighted by Crippen LogP contribution is -2.39. The highest BCUT2D eigenvalue weighted by Gasteiger charge is 2.27. The smallest absolute Gasteiger partial charge is 0.278 e. The zero-order chi connectivity index (χ0) is 19.5. The number of benzene rings is 1. The molecule has 7 nitrogen and oxygen atoms in total. The molecule has 0 radical (unpaired) electrons. The summed E-state index contributed by atoms with van der Waals surface area (Å²) in [5.41, 5.74) is 3.68. The molecule has 3 heterocycles. The molecule has 1 fully saturated rings. The first-order valence-corrected chi connectivity index (χ1v) is 9.54. The van der Waals surface area contributed by atoms with Crippen molar-refractivity contribution in [1.82, 2.24) is 25.0 Å². The van der Waals surface area contributed by atoms with E-state index in [4.69, 9.17) is 4.52 Å². The van der Waals surface area contributed by atoms with Crippen LogP contribution in [0.4, 0.5) is 0 Å². The first kappa shape index (κ1) is 18.3. The molecule has 1 aliphatic heterocycles. The zero-order valence-electron chi connectivity index (χ0n) is 16.1. The van der Waals surface area contributed by atoms with Crippen LogP contribution in [0.2, 0.25) is 0 Å². The van der Waals surface area contributed by atoms with Gasteiger partial charge in [0.15, 0.2) is 5.82 Å². The van der Waals surface area contributed by atoms with Crippen molar-refractivity contribution in [2.45, 2.75) is 39.0 Å². The van der Waals surface area contributed by atoms with Crippen LogP contribution in [0.1, 0.15) is 41.4 Å². The number of aromatic nitrogens is 4. The second-order valence-electron chi connectivity index (χ2n) is 7.32. The van der Waals surface area contributed by atoms with E-state index in [1.807, 2.05) is 43.0 Å². The van der Waals surface area contributed by atoms with E-state index in [0.29, 0.717) is 36.9 Å². The van der Waals surface area contributed by atoms with Gasteiger partial charge in [0.25, 0.3) is 5.89 Å². The van der Waals surface area contributed by atoms with Crippen LogP contribution in [-0.4, -0.2) is 44.0 Å². The highest BCUT2D eigenvalue weighted by Crippen LogP contribution is 2.27. The van der Waals surface area contributed by atoms with E-state index in [-0.39, 0.29) is 11.8 Å². The molecule has 3 aromatic rings. The zero-order valence-corrected chi connectivity index (χ0v) is 16.1. The van der Waals surface area contributed by atoms with Crippen LogP contribution in [0.3, 0.4) is 0 Å². The molecule has 0 spiro atoms. The summed E-state index contributed by atoms with van der Waals surface area (Å²) in [5, 5.41) is 4.13. The summed E-state index contributed by atoms with van der Waals surface area (Å²) in [5.74, 6) is 1.44. The topological polar surface area (TPSA) is 85.0 Å². The van der Waals surface area contributed by atoms with E-state index in [2.05, 4.69) is 20.1 Å². The molecular weight excluding hydrogens is 354 g/mol. The Kier molecular flexibility index (Phi) is 5.14. The van der Waals surface area contributed by atoms with E-state index >= 15 is 0 Å². The summed E-state index contributed by atoms with van der Waals surface area (Å²) in [7, 11) is 0. The number of amides is 1. The maximum absolute atomic E-state index is 12.6. The normalized spacial score (nSPS) is 15.0. The standard InChI is InChI=1S/C21H23N5O2/c1-14-3-5-16(6-4-14)11-19(27)26-9-7-17(8-10-26)20-24-21(28-25-20)18-13-22-15(2)12-23-18/h3-6,12-13,17H,7-11H2,1-2H3. The molecule has 1 aliphatic rings. The summed E-state index contributed by atoms with van der Waals surface area (Å²) in [6.45, 7) is 5.35. The molecule has 2 aromatic heterocycles. The average molecular weight is 377 g/mol. The predicted molar refractivity (Wildman–Crippen MR) is 103 cm³/mol. The molecule has 4 rings (SSSR count). The molecule has 0 bridgehead atoms. The van der Waals surface area contributed by atoms with Crippen molar-refractivity contribution in [2.24, 2.45) is 0 Å². The van der Waals surface area contributed by atoms with Crippen LogP contribution in [0.15, 0.2) is 41.2 Å². The summed E-state index contributed by atoms with van der Waals surface area (Å²) in [6, 6.07) is 8.13. The minimum Gasteiger partial charge on any atom is -0.342 e. The molecule has 0 unspecified atom stereocenters. The molecule has 0 atom stereocenters. The van der Waals surface area contributed by atoms with Gasteiger partial charge < -0.3 is 9.42 Å². The Labute approximate surface area is 163 Å². The number of hydrogen-bond donors (Lipinski definition) is 0. The highest BCUT2D eigenvalue weighted by atomic mass is 16.5. The molecule has 0 aliphatic carbocycles. The van der Waals surface area contributed by atoms with Gasteiger partial charge in [-0.05, 0) is 32.3 Å². The molecule has 144 valence electrons. The van der Waals surface area contributed by atoms with Crippen molar-refractivity contribution in [1.29, 1.82) is 0 Å². The van der Waals surface area contributed by atoms with Crippen LogP contribution in [-0.2, 0) is 11.2 Å². The third-order valence-corrected chi connectivity index (χ3v) is 5.13. The quantitative estimate of drug-likeness (QED) is 0.695. The SMILES string of the molecule is Cc1ccc(CC(=O)N2CCC(c3noc(-c4cnc(C)cn4)n3)CC2)cc1. The van der Waals surface area contributed by atoms with Crippen LogP contribution in [0.5, 0.6) is 0 Å². The minimum atomic E-state index is 0.172. The van der Waals surface area contributed by atoms with E-state index in [1.165, 1.54) is 5.56 Å². The molecule has 1 amide bonds. The number of aryl methyl sites for hydroxylation is 2. The van der Waals surface area contributed by atoms with Gasteiger partial charge in [0, 0.05) is 25.2 Å². The number of carbonyl (C=O) groups excluding carboxylic acids is 1. The van der Waals surface area contributed by atoms with Gasteiger partial charge in [0.05, 0.1) is 18.3 Å². The van der Waals surface area contributed by atoms with Crippen molar-refractivity contribution >= 4 is 5.91 Å². The Hall–Kier alpha value is -3.09. The third-order valence-electron chi connectivity index (χ3n) is 5.13. The van der Waals surface area contributed by atoms with E-state index in [9.17, 15) is 4.79 Å². The molecule has 1 saturated heterocycles. The first-order valence-electron chi connectivity index (χ1n) is 9.54. The van der Waals surface area contributed by atoms with Gasteiger partial charge in [-0.15, -0.1) is 0 Å². The second kappa shape index (κ2) is 7.88. The Morgan fingerprint density at radius 2 is 1.86 bits per heavy atom. The maximum Gasteiger partial charge on any atom is 0.278 e. The van der Waals surface area contributed by atoms with Gasteiger partial charge >= 0.3 is 0 Å². The molecule has 1 aromatic carbocycles. The molecule has 0 N–H and O–H groups in total. The lowest BCUT2D eigenvalue weighted by molar-refractivity contribution is -0.131. The van der Waals surface area contributed by atoms with Crippen LogP contribution in [0, 0.1) is 13.8 Å². The van der Waals surface area contributed by atoms with Gasteiger partial charge in [-0.3, -0.25) is 9.78 Å². The van der Waals surface area contributed by atoms with E-state index < -0.39 is 0 Å². The summed E-state index contributed by atoms with van der Waals surface area (Å²) >= 11 is 0. The summed E-state index contributed by atoms with van der Waals surface area (Å²) in [6.07, 6.45) is 5.43. The van der Waals surface area contributed by atoms with Gasteiger partial charge in [0.2, 0.25) is 5.91 Å². The predicted octanol–water partition coefficient (Wildman–Crippen LogP) is 3.09. The van der Waals surface area contributed by atoms with Gasteiger partial charge in [-0.25, -0.2) is 4.98 Å². The van der Waals surface area contributed by atoms with Crippen molar-refractivity contribution < 1.29 is 9.32 Å². The fraction of sp³-hybridized carbons (Fsp3) is 0.381. The Balaban J connectivity index is 1.34. The van der Waals surface area contributed by atoms with Crippen molar-refractivity contribution in [2.75, 3.05) is 13.1 Å². The van der Waals surface area contributed by atoms with Crippen molar-refractivity contribution in [3.8, 4) is 11.6 Å². The third kappa shape index (κ3) is 4.08. The summed E-state index contributed by atoms with van der Waals surface area (Å²) < 4.78 is 5.36. The second-order valence-corrected chi connectivity index (χ2v) is 7.32. The lowest BCUT2D eigenvalue weighted by Gasteiger charge is -2.30. The van der Waals surface area contributed by atoms with E-state index in [1.54, 1.807) is 12.4 Å². The maximum atomic E-state index is 12.6. The van der Waals surface area contributed by atoms with Gasteiger partial charge in [-0.1, -0.05) is 35.0 Å². The largest absolute Gasteiger partial charge is 0.342 e. The minimum absolute atomic E-state index is 0.172. The fourth-order valence-electron chi connectivity index (χ4n) is 3.39. The number of nitrogens with zero attached hydrogens (tertiary/aromatic N) is 5. The monoisotopic (exact) mass is 377 g/mol. The van der Waals surface area contributed by atoms with Crippen molar-refractivity contribution in [3.05, 3.63) is 59.3 Å². The number of hydrogen-bond acceptors (Lipinski definition) is 6. The highest BCUT2D eigenvalue weighted by molar-refractivity contribution is 5.78. The first-order chi connectivity index (χ1) is 13.6. The molecular formula is C21H23N5O2. The van der Waals surface area contributed by atoms with Crippen LogP contribution < -0.4 is 0 Å². The number of carbonyl (C=O) groups is 1. The number of piperidine rings is 1. The van der Waals surface area contributed by atoms with Crippen LogP contribution in [0.25, 0.3) is 11.6 Å². The van der Waals surface area contributed by atoms with Crippen molar-refractivity contribution in [3.63, 3.8) is 0 Å². The number of likely N-dealkylation sites (tertiary alicyclic amines) is 1. The summed E-state index contributed by atoms with van der Waals surface area (Å²) in [4.78, 5) is 27.5. The Morgan fingerprint density at radius 1 is 1.11 bits per heavy atom. The molecule has 0 saturated carbocycles. The Bertz CT molecular complexity index is 942. The molecule has 28 heavy (non-hydrogen) atoms. The average Bonchev–Trinajstić information content (AvgIpc) is 3.20. The number of rotatable bonds is 4.